The van der Waals surface area contributed by atoms with Gasteiger partial charge in [-0.25, -0.2) is 8.42 Å². The van der Waals surface area contributed by atoms with Crippen molar-refractivity contribution in [1.29, 1.82) is 0 Å². The number of sulfone groups is 1. The Labute approximate surface area is 170 Å². The average molecular weight is 416 g/mol. The first-order valence-electron chi connectivity index (χ1n) is 9.42. The van der Waals surface area contributed by atoms with Crippen molar-refractivity contribution in [2.45, 2.75) is 29.5 Å². The average Bonchev–Trinajstić information content (AvgIpc) is 2.77. The molecule has 1 fully saturated rings. The topological polar surface area (TPSA) is 89.8 Å². The van der Waals surface area contributed by atoms with Crippen LogP contribution in [0.1, 0.15) is 28.8 Å². The first-order chi connectivity index (χ1) is 14.0. The molecule has 1 aliphatic heterocycles. The van der Waals surface area contributed by atoms with Crippen molar-refractivity contribution in [1.82, 2.24) is 9.88 Å². The van der Waals surface area contributed by atoms with Gasteiger partial charge < -0.3 is 14.6 Å². The summed E-state index contributed by atoms with van der Waals surface area (Å²) in [4.78, 5) is 16.8. The maximum Gasteiger partial charge on any atom is 0.253 e. The van der Waals surface area contributed by atoms with Crippen LogP contribution >= 0.6 is 0 Å². The fourth-order valence-electron chi connectivity index (χ4n) is 3.21. The molecule has 1 atom stereocenters. The highest BCUT2D eigenvalue weighted by Gasteiger charge is 2.29. The SMILES string of the molecule is C=Cn1cc(C(=O)NCc2ccc(S(=O)(=O)C3CCCOC3)cc2)ccc1=NC. The van der Waals surface area contributed by atoms with Crippen LogP contribution in [0.3, 0.4) is 0 Å². The van der Waals surface area contributed by atoms with Gasteiger partial charge in [-0.05, 0) is 42.7 Å². The van der Waals surface area contributed by atoms with Gasteiger partial charge in [0.25, 0.3) is 5.91 Å². The Morgan fingerprint density at radius 1 is 1.31 bits per heavy atom. The summed E-state index contributed by atoms with van der Waals surface area (Å²) < 4.78 is 32.4. The summed E-state index contributed by atoms with van der Waals surface area (Å²) in [5, 5.41) is 2.35. The van der Waals surface area contributed by atoms with E-state index in [4.69, 9.17) is 4.74 Å². The van der Waals surface area contributed by atoms with Crippen molar-refractivity contribution < 1.29 is 17.9 Å². The summed E-state index contributed by atoms with van der Waals surface area (Å²) in [6.45, 7) is 4.86. The fraction of sp³-hybridized carbons (Fsp3) is 0.333. The molecule has 0 aliphatic carbocycles. The summed E-state index contributed by atoms with van der Waals surface area (Å²) in [6, 6.07) is 10.1. The molecule has 154 valence electrons. The summed E-state index contributed by atoms with van der Waals surface area (Å²) in [5.41, 5.74) is 1.99. The van der Waals surface area contributed by atoms with Crippen molar-refractivity contribution in [2.24, 2.45) is 4.99 Å². The van der Waals surface area contributed by atoms with Crippen molar-refractivity contribution in [3.63, 3.8) is 0 Å². The molecule has 2 aromatic rings. The molecular weight excluding hydrogens is 390 g/mol. The predicted molar refractivity (Wildman–Crippen MR) is 111 cm³/mol. The molecule has 1 saturated heterocycles. The maximum absolute atomic E-state index is 12.7. The number of amides is 1. The first kappa shape index (κ1) is 21.0. The number of rotatable bonds is 6. The number of hydrogen-bond donors (Lipinski definition) is 1. The molecule has 1 amide bonds. The number of carbonyl (C=O) groups is 1. The van der Waals surface area contributed by atoms with Gasteiger partial charge in [-0.3, -0.25) is 9.79 Å². The molecule has 29 heavy (non-hydrogen) atoms. The van der Waals surface area contributed by atoms with Crippen LogP contribution in [-0.4, -0.2) is 44.4 Å². The molecule has 2 heterocycles. The predicted octanol–water partition coefficient (Wildman–Crippen LogP) is 2.00. The van der Waals surface area contributed by atoms with Crippen LogP contribution in [-0.2, 0) is 21.1 Å². The summed E-state index contributed by atoms with van der Waals surface area (Å²) in [6.07, 6.45) is 4.62. The fourth-order valence-corrected chi connectivity index (χ4v) is 4.86. The number of aromatic nitrogens is 1. The van der Waals surface area contributed by atoms with Crippen molar-refractivity contribution in [3.8, 4) is 0 Å². The van der Waals surface area contributed by atoms with Crippen LogP contribution < -0.4 is 10.8 Å². The minimum atomic E-state index is -3.40. The van der Waals surface area contributed by atoms with E-state index in [0.717, 1.165) is 12.0 Å². The smallest absolute Gasteiger partial charge is 0.253 e. The Morgan fingerprint density at radius 2 is 2.07 bits per heavy atom. The molecule has 0 spiro atoms. The van der Waals surface area contributed by atoms with E-state index in [1.54, 1.807) is 60.4 Å². The number of ether oxygens (including phenoxy) is 1. The molecular formula is C21H25N3O4S. The third-order valence-electron chi connectivity index (χ3n) is 4.90. The zero-order valence-electron chi connectivity index (χ0n) is 16.4. The molecule has 0 saturated carbocycles. The normalized spacial score (nSPS) is 17.7. The minimum Gasteiger partial charge on any atom is -0.380 e. The lowest BCUT2D eigenvalue weighted by molar-refractivity contribution is 0.0950. The molecule has 1 aliphatic rings. The minimum absolute atomic E-state index is 0.237. The van der Waals surface area contributed by atoms with Gasteiger partial charge in [0.15, 0.2) is 9.84 Å². The zero-order chi connectivity index (χ0) is 20.9. The van der Waals surface area contributed by atoms with E-state index >= 15 is 0 Å². The molecule has 8 heteroatoms. The van der Waals surface area contributed by atoms with Gasteiger partial charge in [0.2, 0.25) is 0 Å². The van der Waals surface area contributed by atoms with Crippen molar-refractivity contribution in [2.75, 3.05) is 20.3 Å². The van der Waals surface area contributed by atoms with Crippen LogP contribution in [0.15, 0.2) is 59.1 Å². The Kier molecular flexibility index (Phi) is 6.66. The highest BCUT2D eigenvalue weighted by atomic mass is 32.2. The number of hydrogen-bond acceptors (Lipinski definition) is 5. The number of benzene rings is 1. The largest absolute Gasteiger partial charge is 0.380 e. The summed E-state index contributed by atoms with van der Waals surface area (Å²) in [5.74, 6) is -0.237. The zero-order valence-corrected chi connectivity index (χ0v) is 17.2. The van der Waals surface area contributed by atoms with E-state index < -0.39 is 15.1 Å². The van der Waals surface area contributed by atoms with Gasteiger partial charge in [0.1, 0.15) is 5.49 Å². The molecule has 1 aromatic heterocycles. The van der Waals surface area contributed by atoms with Gasteiger partial charge in [-0.1, -0.05) is 18.7 Å². The first-order valence-corrected chi connectivity index (χ1v) is 11.0. The van der Waals surface area contributed by atoms with E-state index in [2.05, 4.69) is 16.9 Å². The van der Waals surface area contributed by atoms with E-state index in [-0.39, 0.29) is 17.4 Å². The molecule has 1 unspecified atom stereocenters. The molecule has 1 N–H and O–H groups in total. The highest BCUT2D eigenvalue weighted by molar-refractivity contribution is 7.92. The third kappa shape index (κ3) is 4.83. The van der Waals surface area contributed by atoms with E-state index in [1.165, 1.54) is 0 Å². The Balaban J connectivity index is 1.66. The van der Waals surface area contributed by atoms with E-state index in [0.29, 0.717) is 30.6 Å². The number of nitrogens with one attached hydrogen (secondary N) is 1. The lowest BCUT2D eigenvalue weighted by atomic mass is 10.2. The van der Waals surface area contributed by atoms with Gasteiger partial charge in [-0.15, -0.1) is 0 Å². The van der Waals surface area contributed by atoms with Gasteiger partial charge in [0, 0.05) is 32.6 Å². The van der Waals surface area contributed by atoms with Crippen LogP contribution in [0.2, 0.25) is 0 Å². The van der Waals surface area contributed by atoms with Crippen LogP contribution in [0.4, 0.5) is 0 Å². The molecule has 3 rings (SSSR count). The Morgan fingerprint density at radius 3 is 2.69 bits per heavy atom. The summed E-state index contributed by atoms with van der Waals surface area (Å²) in [7, 11) is -1.73. The molecule has 0 radical (unpaired) electrons. The Hall–Kier alpha value is -2.71. The monoisotopic (exact) mass is 415 g/mol. The molecule has 7 nitrogen and oxygen atoms in total. The number of carbonyl (C=O) groups excluding carboxylic acids is 1. The quantitative estimate of drug-likeness (QED) is 0.781. The molecule has 1 aromatic carbocycles. The third-order valence-corrected chi connectivity index (χ3v) is 7.08. The highest BCUT2D eigenvalue weighted by Crippen LogP contribution is 2.23. The number of pyridine rings is 1. The van der Waals surface area contributed by atoms with Crippen molar-refractivity contribution >= 4 is 21.9 Å². The second-order valence-corrected chi connectivity index (χ2v) is 9.03. The lowest BCUT2D eigenvalue weighted by Gasteiger charge is -2.22. The van der Waals surface area contributed by atoms with E-state index in [1.807, 2.05) is 0 Å². The maximum atomic E-state index is 12.7. The van der Waals surface area contributed by atoms with Gasteiger partial charge in [0.05, 0.1) is 22.3 Å². The van der Waals surface area contributed by atoms with Crippen molar-refractivity contribution in [3.05, 3.63) is 65.8 Å². The van der Waals surface area contributed by atoms with Crippen LogP contribution in [0.25, 0.3) is 6.20 Å². The van der Waals surface area contributed by atoms with Gasteiger partial charge in [-0.2, -0.15) is 0 Å². The lowest BCUT2D eigenvalue weighted by Crippen LogP contribution is -2.31. The van der Waals surface area contributed by atoms with Crippen LogP contribution in [0.5, 0.6) is 0 Å². The second kappa shape index (κ2) is 9.19. The Bertz CT molecular complexity index is 1050. The standard InChI is InChI=1S/C21H25N3O4S/c1-3-24-14-17(8-11-20(24)22-2)21(25)23-13-16-6-9-18(10-7-16)29(26,27)19-5-4-12-28-15-19/h3,6-11,14,19H,1,4-5,12-13,15H2,2H3,(H,23,25). The van der Waals surface area contributed by atoms with Crippen LogP contribution in [0, 0.1) is 0 Å². The summed E-state index contributed by atoms with van der Waals surface area (Å²) >= 11 is 0. The van der Waals surface area contributed by atoms with Gasteiger partial charge >= 0.3 is 0 Å². The van der Waals surface area contributed by atoms with E-state index in [9.17, 15) is 13.2 Å². The molecule has 0 bridgehead atoms. The number of nitrogens with zero attached hydrogens (tertiary/aromatic N) is 2. The second-order valence-electron chi connectivity index (χ2n) is 6.80.